The molecule has 1 amide bonds. The molecule has 1 saturated carbocycles. The Kier molecular flexibility index (Phi) is 10.1. The van der Waals surface area contributed by atoms with Crippen LogP contribution in [0.15, 0.2) is 33.0 Å². The number of nitrogens with zero attached hydrogens (tertiary/aromatic N) is 3. The first kappa shape index (κ1) is 23.6. The van der Waals surface area contributed by atoms with Crippen LogP contribution in [-0.4, -0.2) is 55.8 Å². The molecule has 0 bridgehead atoms. The number of aliphatic imine (C=N–C) groups is 2. The molecule has 8 nitrogen and oxygen atoms in total. The highest BCUT2D eigenvalue weighted by Crippen LogP contribution is 2.31. The summed E-state index contributed by atoms with van der Waals surface area (Å²) in [6, 6.07) is 0. The van der Waals surface area contributed by atoms with Gasteiger partial charge in [0.1, 0.15) is 11.5 Å². The number of hydrogen-bond donors (Lipinski definition) is 3. The highest BCUT2D eigenvalue weighted by molar-refractivity contribution is 6.01. The van der Waals surface area contributed by atoms with Gasteiger partial charge in [-0.2, -0.15) is 0 Å². The molecule has 0 saturated heterocycles. The number of carbonyl (C=O) groups is 1. The van der Waals surface area contributed by atoms with Crippen LogP contribution in [0.4, 0.5) is 0 Å². The molecular weight excluding hydrogens is 380 g/mol. The van der Waals surface area contributed by atoms with Gasteiger partial charge in [0.05, 0.1) is 31.6 Å². The van der Waals surface area contributed by atoms with Crippen LogP contribution in [0, 0.1) is 17.8 Å². The van der Waals surface area contributed by atoms with Crippen LogP contribution >= 0.6 is 0 Å². The Hall–Kier alpha value is -2.63. The summed E-state index contributed by atoms with van der Waals surface area (Å²) in [6.45, 7) is 6.75. The van der Waals surface area contributed by atoms with Crippen molar-refractivity contribution >= 4 is 18.0 Å². The smallest absolute Gasteiger partial charge is 0.273 e. The van der Waals surface area contributed by atoms with Gasteiger partial charge in [0.15, 0.2) is 0 Å². The van der Waals surface area contributed by atoms with Crippen molar-refractivity contribution in [2.45, 2.75) is 46.0 Å². The standard InChI is InChI=1S/C22H34N6O2/c1-3-13-28(30-4-2)22(29)18-14-19(23)20(27-21(24)15-18)16-26-11-6-5-10-25-12-9-17-7-8-17/h14,16-17,25H,3-4,7-13,15,23H2,1-2H3,(H2,24,27). The summed E-state index contributed by atoms with van der Waals surface area (Å²) in [5.74, 6) is 7.02. The monoisotopic (exact) mass is 414 g/mol. The van der Waals surface area contributed by atoms with E-state index in [9.17, 15) is 4.79 Å². The lowest BCUT2D eigenvalue weighted by atomic mass is 10.1. The van der Waals surface area contributed by atoms with Crippen LogP contribution in [0.5, 0.6) is 0 Å². The van der Waals surface area contributed by atoms with E-state index >= 15 is 0 Å². The zero-order valence-corrected chi connectivity index (χ0v) is 18.1. The lowest BCUT2D eigenvalue weighted by molar-refractivity contribution is -0.180. The molecule has 2 rings (SSSR count). The van der Waals surface area contributed by atoms with Crippen molar-refractivity contribution in [1.82, 2.24) is 10.4 Å². The second-order valence-corrected chi connectivity index (χ2v) is 7.35. The fraction of sp³-hybridized carbons (Fsp3) is 0.591. The summed E-state index contributed by atoms with van der Waals surface area (Å²) in [4.78, 5) is 26.8. The second kappa shape index (κ2) is 12.8. The molecule has 5 N–H and O–H groups in total. The van der Waals surface area contributed by atoms with E-state index in [0.29, 0.717) is 49.0 Å². The molecule has 0 radical (unpaired) electrons. The summed E-state index contributed by atoms with van der Waals surface area (Å²) in [7, 11) is 0. The maximum atomic E-state index is 12.8. The molecule has 0 spiro atoms. The number of carbonyl (C=O) groups excluding carboxylic acids is 1. The lowest BCUT2D eigenvalue weighted by Crippen LogP contribution is -2.34. The van der Waals surface area contributed by atoms with E-state index in [1.54, 1.807) is 12.3 Å². The zero-order chi connectivity index (χ0) is 21.8. The van der Waals surface area contributed by atoms with Gasteiger partial charge in [-0.15, -0.1) is 0 Å². The minimum Gasteiger partial charge on any atom is -0.397 e. The molecule has 8 heteroatoms. The average molecular weight is 415 g/mol. The van der Waals surface area contributed by atoms with Crippen LogP contribution in [0.2, 0.25) is 0 Å². The Morgan fingerprint density at radius 2 is 2.20 bits per heavy atom. The highest BCUT2D eigenvalue weighted by Gasteiger charge is 2.22. The van der Waals surface area contributed by atoms with Crippen molar-refractivity contribution in [2.75, 3.05) is 32.8 Å². The normalized spacial score (nSPS) is 16.6. The van der Waals surface area contributed by atoms with Crippen LogP contribution in [0.1, 0.15) is 46.0 Å². The first-order chi connectivity index (χ1) is 14.5. The summed E-state index contributed by atoms with van der Waals surface area (Å²) < 4.78 is 0. The van der Waals surface area contributed by atoms with Crippen LogP contribution in [0.25, 0.3) is 0 Å². The average Bonchev–Trinajstić information content (AvgIpc) is 3.55. The highest BCUT2D eigenvalue weighted by atomic mass is 16.7. The maximum absolute atomic E-state index is 12.8. The van der Waals surface area contributed by atoms with Crippen LogP contribution in [-0.2, 0) is 9.63 Å². The van der Waals surface area contributed by atoms with Gasteiger partial charge in [0.25, 0.3) is 5.91 Å². The van der Waals surface area contributed by atoms with Gasteiger partial charge in [0.2, 0.25) is 0 Å². The largest absolute Gasteiger partial charge is 0.397 e. The van der Waals surface area contributed by atoms with E-state index in [1.807, 2.05) is 13.8 Å². The van der Waals surface area contributed by atoms with Gasteiger partial charge in [-0.1, -0.05) is 31.6 Å². The zero-order valence-electron chi connectivity index (χ0n) is 18.1. The van der Waals surface area contributed by atoms with E-state index in [4.69, 9.17) is 16.3 Å². The predicted octanol–water partition coefficient (Wildman–Crippen LogP) is 1.50. The topological polar surface area (TPSA) is 118 Å². The Morgan fingerprint density at radius 3 is 2.90 bits per heavy atom. The number of amides is 1. The maximum Gasteiger partial charge on any atom is 0.273 e. The lowest BCUT2D eigenvalue weighted by Gasteiger charge is -2.21. The summed E-state index contributed by atoms with van der Waals surface area (Å²) in [5.41, 5.74) is 13.3. The van der Waals surface area contributed by atoms with Crippen molar-refractivity contribution in [3.8, 4) is 11.8 Å². The van der Waals surface area contributed by atoms with Gasteiger partial charge in [0, 0.05) is 18.5 Å². The van der Waals surface area contributed by atoms with Gasteiger partial charge >= 0.3 is 0 Å². The van der Waals surface area contributed by atoms with E-state index in [2.05, 4.69) is 27.1 Å². The van der Waals surface area contributed by atoms with Crippen molar-refractivity contribution in [2.24, 2.45) is 27.4 Å². The molecule has 0 unspecified atom stereocenters. The molecule has 1 aliphatic carbocycles. The Balaban J connectivity index is 1.92. The number of rotatable bonds is 11. The number of hydrogen-bond acceptors (Lipinski definition) is 7. The third-order valence-corrected chi connectivity index (χ3v) is 4.62. The number of allylic oxidation sites excluding steroid dienone is 2. The van der Waals surface area contributed by atoms with E-state index in [1.165, 1.54) is 24.3 Å². The molecule has 0 aromatic rings. The summed E-state index contributed by atoms with van der Waals surface area (Å²) >= 11 is 0. The Bertz CT molecular complexity index is 762. The molecule has 0 aromatic heterocycles. The summed E-state index contributed by atoms with van der Waals surface area (Å²) in [5, 5.41) is 4.66. The third-order valence-electron chi connectivity index (χ3n) is 4.62. The minimum atomic E-state index is -0.252. The second-order valence-electron chi connectivity index (χ2n) is 7.35. The number of hydroxylamine groups is 2. The summed E-state index contributed by atoms with van der Waals surface area (Å²) in [6.07, 6.45) is 8.13. The quantitative estimate of drug-likeness (QED) is 0.205. The molecule has 30 heavy (non-hydrogen) atoms. The number of nitrogens with one attached hydrogen (secondary N) is 1. The molecule has 1 heterocycles. The Labute approximate surface area is 179 Å². The first-order valence-electron chi connectivity index (χ1n) is 10.7. The van der Waals surface area contributed by atoms with Gasteiger partial charge in [-0.05, 0) is 38.3 Å². The van der Waals surface area contributed by atoms with Crippen molar-refractivity contribution < 1.29 is 9.63 Å². The van der Waals surface area contributed by atoms with Crippen LogP contribution in [0.3, 0.4) is 0 Å². The fourth-order valence-electron chi connectivity index (χ4n) is 2.91. The SMILES string of the molecule is CCCN(OCC)C(=O)C1=CC(N)=C(C=NCC#CCNCCC2CC2)N=C(N)C1. The fourth-order valence-corrected chi connectivity index (χ4v) is 2.91. The molecule has 164 valence electrons. The van der Waals surface area contributed by atoms with Crippen LogP contribution < -0.4 is 16.8 Å². The molecule has 2 aliphatic rings. The molecule has 0 aromatic carbocycles. The van der Waals surface area contributed by atoms with Gasteiger partial charge < -0.3 is 16.8 Å². The third kappa shape index (κ3) is 8.39. The van der Waals surface area contributed by atoms with E-state index in [-0.39, 0.29) is 12.3 Å². The first-order valence-corrected chi connectivity index (χ1v) is 10.7. The molecule has 1 aliphatic heterocycles. The van der Waals surface area contributed by atoms with Gasteiger partial charge in [-0.3, -0.25) is 14.6 Å². The number of nitrogens with two attached hydrogens (primary N) is 2. The van der Waals surface area contributed by atoms with Gasteiger partial charge in [-0.25, -0.2) is 10.1 Å². The molecule has 1 fully saturated rings. The van der Waals surface area contributed by atoms with Crippen molar-refractivity contribution in [3.05, 3.63) is 23.0 Å². The van der Waals surface area contributed by atoms with E-state index in [0.717, 1.165) is 18.9 Å². The van der Waals surface area contributed by atoms with Crippen molar-refractivity contribution in [1.29, 1.82) is 0 Å². The Morgan fingerprint density at radius 1 is 1.40 bits per heavy atom. The predicted molar refractivity (Wildman–Crippen MR) is 121 cm³/mol. The van der Waals surface area contributed by atoms with Crippen molar-refractivity contribution in [3.63, 3.8) is 0 Å². The van der Waals surface area contributed by atoms with E-state index < -0.39 is 0 Å². The molecular formula is C22H34N6O2. The molecule has 0 atom stereocenters. The number of amidine groups is 1. The minimum absolute atomic E-state index is 0.205.